The van der Waals surface area contributed by atoms with E-state index in [0.717, 1.165) is 12.1 Å². The summed E-state index contributed by atoms with van der Waals surface area (Å²) < 4.78 is 28.0. The van der Waals surface area contributed by atoms with E-state index in [9.17, 15) is 50.8 Å². The number of aliphatic hydroxyl groups is 6. The lowest BCUT2D eigenvalue weighted by Gasteiger charge is -2.42. The van der Waals surface area contributed by atoms with E-state index in [4.69, 9.17) is 23.4 Å². The van der Waals surface area contributed by atoms with Gasteiger partial charge in [-0.25, -0.2) is 0 Å². The molecule has 0 saturated carbocycles. The predicted octanol–water partition coefficient (Wildman–Crippen LogP) is -1.39. The van der Waals surface area contributed by atoms with E-state index < -0.39 is 90.7 Å². The van der Waals surface area contributed by atoms with E-state index in [2.05, 4.69) is 0 Å². The molecule has 228 valence electrons. The fourth-order valence-electron chi connectivity index (χ4n) is 4.79. The Morgan fingerprint density at radius 2 is 1.40 bits per heavy atom. The number of aliphatic hydroxyl groups excluding tert-OH is 6. The molecule has 5 rings (SSSR count). The summed E-state index contributed by atoms with van der Waals surface area (Å²) >= 11 is 0. The van der Waals surface area contributed by atoms with E-state index >= 15 is 0 Å². The highest BCUT2D eigenvalue weighted by molar-refractivity contribution is 5.88. The molecule has 2 aromatic carbocycles. The van der Waals surface area contributed by atoms with Crippen LogP contribution in [0.15, 0.2) is 45.6 Å². The van der Waals surface area contributed by atoms with Crippen LogP contribution in [0.2, 0.25) is 0 Å². The number of phenolic OH excluding ortho intramolecular Hbond substituents is 3. The number of fused-ring (bicyclic) bond motifs is 1. The zero-order valence-corrected chi connectivity index (χ0v) is 21.9. The molecule has 42 heavy (non-hydrogen) atoms. The lowest BCUT2D eigenvalue weighted by atomic mass is 9.98. The van der Waals surface area contributed by atoms with Crippen LogP contribution in [0.25, 0.3) is 22.3 Å². The molecule has 2 saturated heterocycles. The highest BCUT2D eigenvalue weighted by Crippen LogP contribution is 2.37. The van der Waals surface area contributed by atoms with Crippen LogP contribution in [-0.2, 0) is 14.2 Å². The monoisotopic (exact) mass is 594 g/mol. The van der Waals surface area contributed by atoms with Crippen molar-refractivity contribution >= 4 is 11.0 Å². The molecular formula is C27H30O15. The standard InChI is InChI=1S/C27H30O15/c1-9-17(31)20(34)22(36)26(39-9)38-8-15-18(32)21(35)23(37)27(41-15)42-25-19(33)16-13(30)6-12(29)7-14(16)40-24(25)10-2-4-11(28)5-3-10/h2-7,9,15,17-18,20-23,26-32,34-37H,8H2,1H3/t9-,15+,17-,18+,20+,21-,22+,23+,26+,27-/m1/s1. The maximum absolute atomic E-state index is 13.5. The highest BCUT2D eigenvalue weighted by Gasteiger charge is 2.47. The van der Waals surface area contributed by atoms with Crippen LogP contribution in [0.1, 0.15) is 6.92 Å². The second-order valence-corrected chi connectivity index (χ2v) is 10.1. The molecule has 0 radical (unpaired) electrons. The smallest absolute Gasteiger partial charge is 0.239 e. The molecule has 0 unspecified atom stereocenters. The van der Waals surface area contributed by atoms with Crippen molar-refractivity contribution in [2.75, 3.05) is 6.61 Å². The van der Waals surface area contributed by atoms with Gasteiger partial charge in [0.1, 0.15) is 70.9 Å². The minimum absolute atomic E-state index is 0.103. The van der Waals surface area contributed by atoms with Gasteiger partial charge >= 0.3 is 0 Å². The summed E-state index contributed by atoms with van der Waals surface area (Å²) in [5.74, 6) is -1.97. The Hall–Kier alpha value is -3.51. The number of ether oxygens (including phenoxy) is 4. The van der Waals surface area contributed by atoms with Crippen LogP contribution in [0, 0.1) is 0 Å². The number of phenols is 3. The zero-order chi connectivity index (χ0) is 30.5. The molecule has 10 atom stereocenters. The molecule has 0 amide bonds. The van der Waals surface area contributed by atoms with Gasteiger partial charge in [0, 0.05) is 17.7 Å². The summed E-state index contributed by atoms with van der Waals surface area (Å²) in [5, 5.41) is 91.4. The van der Waals surface area contributed by atoms with Crippen LogP contribution in [0.3, 0.4) is 0 Å². The third kappa shape index (κ3) is 5.49. The van der Waals surface area contributed by atoms with Crippen LogP contribution < -0.4 is 10.2 Å². The van der Waals surface area contributed by atoms with Crippen LogP contribution in [0.4, 0.5) is 0 Å². The Labute approximate surface area is 236 Å². The van der Waals surface area contributed by atoms with Gasteiger partial charge in [0.25, 0.3) is 0 Å². The maximum Gasteiger partial charge on any atom is 0.239 e. The Balaban J connectivity index is 1.46. The van der Waals surface area contributed by atoms with Gasteiger partial charge in [-0.3, -0.25) is 4.79 Å². The number of aromatic hydroxyl groups is 3. The van der Waals surface area contributed by atoms with Gasteiger partial charge in [0.05, 0.1) is 12.7 Å². The van der Waals surface area contributed by atoms with Crippen LogP contribution in [-0.4, -0.2) is 114 Å². The first-order valence-electron chi connectivity index (χ1n) is 12.9. The van der Waals surface area contributed by atoms with Gasteiger partial charge < -0.3 is 69.3 Å². The Bertz CT molecular complexity index is 1470. The summed E-state index contributed by atoms with van der Waals surface area (Å²) in [6.45, 7) is 0.866. The second kappa shape index (κ2) is 11.6. The lowest BCUT2D eigenvalue weighted by molar-refractivity contribution is -0.318. The third-order valence-electron chi connectivity index (χ3n) is 7.18. The first-order valence-corrected chi connectivity index (χ1v) is 12.9. The first-order chi connectivity index (χ1) is 19.9. The number of rotatable bonds is 6. The Morgan fingerprint density at radius 3 is 2.10 bits per heavy atom. The topological polar surface area (TPSA) is 249 Å². The van der Waals surface area contributed by atoms with Crippen molar-refractivity contribution < 1.29 is 69.3 Å². The maximum atomic E-state index is 13.5. The molecule has 0 spiro atoms. The van der Waals surface area contributed by atoms with Crippen LogP contribution in [0.5, 0.6) is 23.0 Å². The second-order valence-electron chi connectivity index (χ2n) is 10.1. The molecule has 0 bridgehead atoms. The van der Waals surface area contributed by atoms with E-state index in [-0.39, 0.29) is 28.0 Å². The van der Waals surface area contributed by atoms with Gasteiger partial charge in [-0.15, -0.1) is 0 Å². The summed E-state index contributed by atoms with van der Waals surface area (Å²) in [4.78, 5) is 13.5. The lowest BCUT2D eigenvalue weighted by Crippen LogP contribution is -2.61. The highest BCUT2D eigenvalue weighted by atomic mass is 16.7. The molecule has 9 N–H and O–H groups in total. The number of hydrogen-bond acceptors (Lipinski definition) is 15. The molecule has 15 nitrogen and oxygen atoms in total. The van der Waals surface area contributed by atoms with E-state index in [1.54, 1.807) is 0 Å². The largest absolute Gasteiger partial charge is 0.508 e. The molecule has 2 fully saturated rings. The van der Waals surface area contributed by atoms with Crippen molar-refractivity contribution in [2.45, 2.75) is 68.3 Å². The SMILES string of the molecule is C[C@H]1O[C@H](OC[C@@H]2O[C@H](Oc3c(-c4ccc(O)cc4)oc4cc(O)cc(O)c4c3=O)[C@@H](O)[C@H](O)[C@H]2O)[C@@H](O)[C@@H](O)[C@@H]1O. The van der Waals surface area contributed by atoms with Crippen molar-refractivity contribution in [3.8, 4) is 34.3 Å². The minimum Gasteiger partial charge on any atom is -0.508 e. The van der Waals surface area contributed by atoms with E-state index in [1.165, 1.54) is 31.2 Å². The summed E-state index contributed by atoms with van der Waals surface area (Å²) in [6, 6.07) is 7.33. The van der Waals surface area contributed by atoms with E-state index in [0.29, 0.717) is 0 Å². The first kappa shape index (κ1) is 30.0. The van der Waals surface area contributed by atoms with Gasteiger partial charge in [0.2, 0.25) is 17.5 Å². The van der Waals surface area contributed by atoms with Gasteiger partial charge in [-0.1, -0.05) is 0 Å². The molecule has 15 heteroatoms. The molecule has 2 aliphatic rings. The molecule has 3 heterocycles. The van der Waals surface area contributed by atoms with Gasteiger partial charge in [0.15, 0.2) is 12.1 Å². The average molecular weight is 595 g/mol. The molecule has 0 aliphatic carbocycles. The molecule has 1 aromatic heterocycles. The molecule has 3 aromatic rings. The van der Waals surface area contributed by atoms with E-state index in [1.807, 2.05) is 0 Å². The fraction of sp³-hybridized carbons (Fsp3) is 0.444. The normalized spacial score (nSPS) is 33.5. The van der Waals surface area contributed by atoms with Crippen LogP contribution >= 0.6 is 0 Å². The summed E-state index contributed by atoms with van der Waals surface area (Å²) in [6.07, 6.45) is -15.8. The van der Waals surface area contributed by atoms with Crippen molar-refractivity contribution in [3.05, 3.63) is 46.6 Å². The average Bonchev–Trinajstić information content (AvgIpc) is 2.95. The molecule has 2 aliphatic heterocycles. The summed E-state index contributed by atoms with van der Waals surface area (Å²) in [7, 11) is 0. The van der Waals surface area contributed by atoms with Gasteiger partial charge in [-0.2, -0.15) is 0 Å². The van der Waals surface area contributed by atoms with Crippen molar-refractivity contribution in [1.82, 2.24) is 0 Å². The van der Waals surface area contributed by atoms with Gasteiger partial charge in [-0.05, 0) is 31.2 Å². The fourth-order valence-corrected chi connectivity index (χ4v) is 4.79. The third-order valence-corrected chi connectivity index (χ3v) is 7.18. The minimum atomic E-state index is -1.92. The Kier molecular flexibility index (Phi) is 8.30. The zero-order valence-electron chi connectivity index (χ0n) is 21.9. The summed E-state index contributed by atoms with van der Waals surface area (Å²) in [5.41, 5.74) is -0.956. The number of hydrogen-bond donors (Lipinski definition) is 9. The van der Waals surface area contributed by atoms with Crippen molar-refractivity contribution in [3.63, 3.8) is 0 Å². The Morgan fingerprint density at radius 1 is 0.762 bits per heavy atom. The quantitative estimate of drug-likeness (QED) is 0.159. The molecular weight excluding hydrogens is 564 g/mol. The van der Waals surface area contributed by atoms with Crippen molar-refractivity contribution in [2.24, 2.45) is 0 Å². The number of benzene rings is 2. The van der Waals surface area contributed by atoms with Crippen molar-refractivity contribution in [1.29, 1.82) is 0 Å². The predicted molar refractivity (Wildman–Crippen MR) is 139 cm³/mol.